The van der Waals surface area contributed by atoms with Gasteiger partial charge in [-0.15, -0.1) is 24.8 Å². The van der Waals surface area contributed by atoms with E-state index < -0.39 is 6.10 Å². The molecule has 0 spiro atoms. The molecule has 3 rings (SSSR count). The standard InChI is InChI=1S/C16H23N5O2.2ClH/c1-10(2)9-21-15-11(7-20-21)3-12(5-18-15)16(23)19-6-13-4-17-8-14(13)22;;/h3,5,7,10,13-14,17,22H,4,6,8-9H2,1-2H3,(H,19,23);2*1H. The van der Waals surface area contributed by atoms with E-state index in [1.54, 1.807) is 12.4 Å². The third-order valence-electron chi connectivity index (χ3n) is 4.11. The molecule has 3 heterocycles. The normalized spacial score (nSPS) is 19.5. The maximum atomic E-state index is 12.3. The molecule has 2 aromatic rings. The van der Waals surface area contributed by atoms with Gasteiger partial charge < -0.3 is 15.7 Å². The van der Waals surface area contributed by atoms with E-state index in [-0.39, 0.29) is 36.6 Å². The van der Waals surface area contributed by atoms with Gasteiger partial charge in [0.25, 0.3) is 5.91 Å². The number of β-amino-alcohol motifs (C(OH)–C–C–N with tert-alkyl or cyclic N) is 1. The van der Waals surface area contributed by atoms with Crippen molar-refractivity contribution >= 4 is 41.8 Å². The molecule has 0 aromatic carbocycles. The number of amides is 1. The van der Waals surface area contributed by atoms with Crippen molar-refractivity contribution in [3.8, 4) is 0 Å². The summed E-state index contributed by atoms with van der Waals surface area (Å²) in [5.41, 5.74) is 1.31. The molecule has 2 atom stereocenters. The molecule has 1 aliphatic rings. The van der Waals surface area contributed by atoms with E-state index in [0.717, 1.165) is 24.1 Å². The van der Waals surface area contributed by atoms with E-state index in [0.29, 0.717) is 24.6 Å². The average molecular weight is 390 g/mol. The molecule has 2 aromatic heterocycles. The zero-order valence-corrected chi connectivity index (χ0v) is 15.9. The molecule has 1 amide bonds. The highest BCUT2D eigenvalue weighted by atomic mass is 35.5. The Morgan fingerprint density at radius 2 is 2.16 bits per heavy atom. The van der Waals surface area contributed by atoms with E-state index in [1.807, 2.05) is 10.7 Å². The van der Waals surface area contributed by atoms with Gasteiger partial charge in [-0.1, -0.05) is 13.8 Å². The summed E-state index contributed by atoms with van der Waals surface area (Å²) in [5.74, 6) is 0.369. The maximum Gasteiger partial charge on any atom is 0.252 e. The maximum absolute atomic E-state index is 12.3. The molecule has 0 radical (unpaired) electrons. The number of aliphatic hydroxyl groups is 1. The molecular weight excluding hydrogens is 365 g/mol. The van der Waals surface area contributed by atoms with Gasteiger partial charge in [-0.2, -0.15) is 5.10 Å². The fourth-order valence-corrected chi connectivity index (χ4v) is 2.83. The van der Waals surface area contributed by atoms with Crippen molar-refractivity contribution in [2.75, 3.05) is 19.6 Å². The summed E-state index contributed by atoms with van der Waals surface area (Å²) in [6, 6.07) is 1.81. The SMILES string of the molecule is CC(C)Cn1ncc2cc(C(=O)NCC3CNCC3O)cnc21.Cl.Cl. The minimum atomic E-state index is -0.398. The molecule has 7 nitrogen and oxygen atoms in total. The zero-order valence-electron chi connectivity index (χ0n) is 14.3. The van der Waals surface area contributed by atoms with E-state index in [2.05, 4.69) is 34.6 Å². The molecular formula is C16H25Cl2N5O2. The van der Waals surface area contributed by atoms with Crippen molar-refractivity contribution in [2.45, 2.75) is 26.5 Å². The van der Waals surface area contributed by atoms with Crippen molar-refractivity contribution in [3.05, 3.63) is 24.0 Å². The lowest BCUT2D eigenvalue weighted by atomic mass is 10.1. The van der Waals surface area contributed by atoms with Gasteiger partial charge in [0, 0.05) is 43.7 Å². The molecule has 0 aliphatic carbocycles. The van der Waals surface area contributed by atoms with E-state index in [9.17, 15) is 9.90 Å². The molecule has 140 valence electrons. The molecule has 3 N–H and O–H groups in total. The van der Waals surface area contributed by atoms with E-state index in [1.165, 1.54) is 0 Å². The van der Waals surface area contributed by atoms with Crippen LogP contribution in [0.2, 0.25) is 0 Å². The highest BCUT2D eigenvalue weighted by Crippen LogP contribution is 2.15. The number of aromatic nitrogens is 3. The summed E-state index contributed by atoms with van der Waals surface area (Å²) in [6.45, 7) is 6.82. The van der Waals surface area contributed by atoms with Gasteiger partial charge in [0.2, 0.25) is 0 Å². The number of nitrogens with zero attached hydrogens (tertiary/aromatic N) is 3. The molecule has 25 heavy (non-hydrogen) atoms. The van der Waals surface area contributed by atoms with Crippen LogP contribution in [0, 0.1) is 11.8 Å². The van der Waals surface area contributed by atoms with Gasteiger partial charge in [-0.05, 0) is 12.0 Å². The fraction of sp³-hybridized carbons (Fsp3) is 0.562. The van der Waals surface area contributed by atoms with Gasteiger partial charge >= 0.3 is 0 Å². The second-order valence-electron chi connectivity index (χ2n) is 6.55. The van der Waals surface area contributed by atoms with Crippen LogP contribution in [0.5, 0.6) is 0 Å². The van der Waals surface area contributed by atoms with Crippen molar-refractivity contribution in [1.29, 1.82) is 0 Å². The van der Waals surface area contributed by atoms with Crippen LogP contribution in [0.15, 0.2) is 18.5 Å². The molecule has 1 saturated heterocycles. The van der Waals surface area contributed by atoms with Gasteiger partial charge in [0.1, 0.15) is 0 Å². The van der Waals surface area contributed by atoms with E-state index >= 15 is 0 Å². The van der Waals surface area contributed by atoms with Gasteiger partial charge in [-0.25, -0.2) is 9.67 Å². The van der Waals surface area contributed by atoms with Crippen LogP contribution in [0.1, 0.15) is 24.2 Å². The number of carbonyl (C=O) groups is 1. The molecule has 0 saturated carbocycles. The van der Waals surface area contributed by atoms with Gasteiger partial charge in [-0.3, -0.25) is 4.79 Å². The summed E-state index contributed by atoms with van der Waals surface area (Å²) >= 11 is 0. The number of pyridine rings is 1. The summed E-state index contributed by atoms with van der Waals surface area (Å²) in [4.78, 5) is 16.6. The van der Waals surface area contributed by atoms with Crippen molar-refractivity contribution in [2.24, 2.45) is 11.8 Å². The lowest BCUT2D eigenvalue weighted by Gasteiger charge is -2.14. The van der Waals surface area contributed by atoms with Crippen molar-refractivity contribution in [3.63, 3.8) is 0 Å². The highest BCUT2D eigenvalue weighted by Gasteiger charge is 2.25. The molecule has 2 unspecified atom stereocenters. The number of halogens is 2. The Morgan fingerprint density at radius 1 is 1.40 bits per heavy atom. The number of aliphatic hydroxyl groups excluding tert-OH is 1. The number of rotatable bonds is 5. The minimum Gasteiger partial charge on any atom is -0.391 e. The number of hydrogen-bond donors (Lipinski definition) is 3. The third-order valence-corrected chi connectivity index (χ3v) is 4.11. The molecule has 1 aliphatic heterocycles. The lowest BCUT2D eigenvalue weighted by molar-refractivity contribution is 0.0927. The van der Waals surface area contributed by atoms with Gasteiger partial charge in [0.15, 0.2) is 5.65 Å². The number of hydrogen-bond acceptors (Lipinski definition) is 5. The summed E-state index contributed by atoms with van der Waals surface area (Å²) in [7, 11) is 0. The topological polar surface area (TPSA) is 92.1 Å². The first-order chi connectivity index (χ1) is 11.0. The third kappa shape index (κ3) is 5.04. The van der Waals surface area contributed by atoms with Crippen LogP contribution in [-0.2, 0) is 6.54 Å². The van der Waals surface area contributed by atoms with Crippen LogP contribution >= 0.6 is 24.8 Å². The Hall–Kier alpha value is -1.41. The van der Waals surface area contributed by atoms with Crippen LogP contribution < -0.4 is 10.6 Å². The molecule has 1 fully saturated rings. The Balaban J connectivity index is 0.00000156. The average Bonchev–Trinajstić information content (AvgIpc) is 3.10. The van der Waals surface area contributed by atoms with Crippen LogP contribution in [0.3, 0.4) is 0 Å². The second kappa shape index (κ2) is 9.33. The van der Waals surface area contributed by atoms with Crippen molar-refractivity contribution < 1.29 is 9.90 Å². The van der Waals surface area contributed by atoms with Crippen LogP contribution in [0.4, 0.5) is 0 Å². The first-order valence-electron chi connectivity index (χ1n) is 8.03. The summed E-state index contributed by atoms with van der Waals surface area (Å²) in [6.07, 6.45) is 2.93. The Morgan fingerprint density at radius 3 is 2.80 bits per heavy atom. The molecule has 9 heteroatoms. The number of carbonyl (C=O) groups excluding carboxylic acids is 1. The largest absolute Gasteiger partial charge is 0.391 e. The molecule has 0 bridgehead atoms. The quantitative estimate of drug-likeness (QED) is 0.715. The number of nitrogens with one attached hydrogen (secondary N) is 2. The minimum absolute atomic E-state index is 0. The monoisotopic (exact) mass is 389 g/mol. The van der Waals surface area contributed by atoms with Crippen molar-refractivity contribution in [1.82, 2.24) is 25.4 Å². The number of fused-ring (bicyclic) bond motifs is 1. The predicted molar refractivity (Wildman–Crippen MR) is 102 cm³/mol. The van der Waals surface area contributed by atoms with Gasteiger partial charge in [0.05, 0.1) is 17.9 Å². The Bertz CT molecular complexity index is 707. The predicted octanol–water partition coefficient (Wildman–Crippen LogP) is 1.24. The first-order valence-corrected chi connectivity index (χ1v) is 8.03. The van der Waals surface area contributed by atoms with E-state index in [4.69, 9.17) is 0 Å². The lowest BCUT2D eigenvalue weighted by Crippen LogP contribution is -2.34. The Labute approximate surface area is 159 Å². The summed E-state index contributed by atoms with van der Waals surface area (Å²) < 4.78 is 1.86. The first kappa shape index (κ1) is 21.6. The highest BCUT2D eigenvalue weighted by molar-refractivity contribution is 5.96. The fourth-order valence-electron chi connectivity index (χ4n) is 2.83. The Kier molecular flexibility index (Phi) is 8.08. The zero-order chi connectivity index (χ0) is 16.4. The van der Waals surface area contributed by atoms with Crippen LogP contribution in [-0.4, -0.2) is 51.5 Å². The summed E-state index contributed by atoms with van der Waals surface area (Å²) in [5, 5.41) is 20.9. The second-order valence-corrected chi connectivity index (χ2v) is 6.55. The van der Waals surface area contributed by atoms with Crippen LogP contribution in [0.25, 0.3) is 11.0 Å². The smallest absolute Gasteiger partial charge is 0.252 e.